The van der Waals surface area contributed by atoms with E-state index in [0.717, 1.165) is 6.07 Å². The minimum absolute atomic E-state index is 0.0285. The molecule has 3 nitrogen and oxygen atoms in total. The van der Waals surface area contributed by atoms with Crippen molar-refractivity contribution in [2.45, 2.75) is 0 Å². The van der Waals surface area contributed by atoms with Crippen LogP contribution in [0.4, 0.5) is 14.6 Å². The number of nitrogens with zero attached hydrogens (tertiary/aromatic N) is 1. The average molecular weight is 249 g/mol. The van der Waals surface area contributed by atoms with Gasteiger partial charge in [-0.2, -0.15) is 0 Å². The highest BCUT2D eigenvalue weighted by atomic mass is 79.9. The van der Waals surface area contributed by atoms with E-state index in [1.54, 1.807) is 0 Å². The van der Waals surface area contributed by atoms with Gasteiger partial charge in [-0.3, -0.25) is 0 Å². The molecule has 0 saturated carbocycles. The Balaban J connectivity index is 2.97. The molecule has 1 aromatic heterocycles. The molecule has 0 spiro atoms. The maximum atomic E-state index is 13.0. The molecule has 68 valence electrons. The van der Waals surface area contributed by atoms with Gasteiger partial charge in [-0.25, -0.2) is 8.78 Å². The van der Waals surface area contributed by atoms with Crippen LogP contribution in [0, 0.1) is 11.6 Å². The number of hydrogen-bond acceptors (Lipinski definition) is 3. The van der Waals surface area contributed by atoms with Crippen molar-refractivity contribution < 1.29 is 13.3 Å². The van der Waals surface area contributed by atoms with Gasteiger partial charge in [0.05, 0.1) is 9.86 Å². The van der Waals surface area contributed by atoms with Crippen LogP contribution in [-0.4, -0.2) is 5.16 Å². The molecular weight excluding hydrogens is 246 g/mol. The highest BCUT2D eigenvalue weighted by molar-refractivity contribution is 9.10. The van der Waals surface area contributed by atoms with Crippen LogP contribution in [0.3, 0.4) is 0 Å². The Labute approximate surface area is 79.6 Å². The van der Waals surface area contributed by atoms with E-state index in [2.05, 4.69) is 25.6 Å². The quantitative estimate of drug-likeness (QED) is 0.729. The van der Waals surface area contributed by atoms with Crippen LogP contribution in [0.15, 0.2) is 15.1 Å². The van der Waals surface area contributed by atoms with Gasteiger partial charge < -0.3 is 10.3 Å². The summed E-state index contributed by atoms with van der Waals surface area (Å²) in [6.45, 7) is 0. The smallest absolute Gasteiger partial charge is 0.176 e. The van der Waals surface area contributed by atoms with E-state index in [1.807, 2.05) is 0 Å². The third kappa shape index (κ3) is 1.09. The third-order valence-corrected chi connectivity index (χ3v) is 2.37. The summed E-state index contributed by atoms with van der Waals surface area (Å²) in [6.07, 6.45) is 0. The number of nitrogen functional groups attached to an aromatic ring is 1. The molecule has 0 aliphatic carbocycles. The minimum atomic E-state index is -1.00. The Hall–Kier alpha value is -1.17. The maximum absolute atomic E-state index is 13.0. The second kappa shape index (κ2) is 2.66. The summed E-state index contributed by atoms with van der Waals surface area (Å²) in [6, 6.07) is 0.902. The Bertz CT molecular complexity index is 483. The highest BCUT2D eigenvalue weighted by Crippen LogP contribution is 2.32. The lowest BCUT2D eigenvalue weighted by Crippen LogP contribution is -1.89. The molecular formula is C7H3BrF2N2O. The molecule has 0 atom stereocenters. The number of benzene rings is 1. The van der Waals surface area contributed by atoms with E-state index < -0.39 is 11.6 Å². The number of anilines is 1. The summed E-state index contributed by atoms with van der Waals surface area (Å²) in [5.41, 5.74) is 5.49. The van der Waals surface area contributed by atoms with Crippen molar-refractivity contribution in [1.82, 2.24) is 5.16 Å². The molecule has 0 bridgehead atoms. The molecule has 0 fully saturated rings. The molecule has 0 radical (unpaired) electrons. The van der Waals surface area contributed by atoms with E-state index in [4.69, 9.17) is 5.73 Å². The van der Waals surface area contributed by atoms with Gasteiger partial charge in [0.15, 0.2) is 23.0 Å². The van der Waals surface area contributed by atoms with Crippen molar-refractivity contribution in [2.75, 3.05) is 5.73 Å². The van der Waals surface area contributed by atoms with E-state index >= 15 is 0 Å². The number of aromatic nitrogens is 1. The van der Waals surface area contributed by atoms with Gasteiger partial charge >= 0.3 is 0 Å². The molecule has 6 heteroatoms. The van der Waals surface area contributed by atoms with E-state index in [-0.39, 0.29) is 21.3 Å². The summed E-state index contributed by atoms with van der Waals surface area (Å²) < 4.78 is 30.3. The van der Waals surface area contributed by atoms with Crippen molar-refractivity contribution in [3.63, 3.8) is 0 Å². The molecule has 13 heavy (non-hydrogen) atoms. The lowest BCUT2D eigenvalue weighted by molar-refractivity contribution is 0.454. The maximum Gasteiger partial charge on any atom is 0.176 e. The Kier molecular flexibility index (Phi) is 1.73. The molecule has 0 aliphatic heterocycles. The topological polar surface area (TPSA) is 52.0 Å². The van der Waals surface area contributed by atoms with Crippen molar-refractivity contribution >= 4 is 32.7 Å². The Morgan fingerprint density at radius 2 is 2.15 bits per heavy atom. The predicted molar refractivity (Wildman–Crippen MR) is 46.0 cm³/mol. The van der Waals surface area contributed by atoms with Crippen LogP contribution >= 0.6 is 15.9 Å². The summed E-state index contributed by atoms with van der Waals surface area (Å²) in [5.74, 6) is -1.97. The monoisotopic (exact) mass is 248 g/mol. The molecule has 0 saturated heterocycles. The predicted octanol–water partition coefficient (Wildman–Crippen LogP) is 2.45. The largest absolute Gasteiger partial charge is 0.380 e. The third-order valence-electron chi connectivity index (χ3n) is 1.62. The van der Waals surface area contributed by atoms with Crippen molar-refractivity contribution in [3.05, 3.63) is 22.2 Å². The lowest BCUT2D eigenvalue weighted by Gasteiger charge is -1.96. The standard InChI is InChI=1S/C7H3BrF2N2O/c8-5-4-3(13-12-7(4)11)1-2(9)6(5)10/h1H,(H2,11,12). The first kappa shape index (κ1) is 8.43. The lowest BCUT2D eigenvalue weighted by atomic mass is 10.2. The summed E-state index contributed by atoms with van der Waals surface area (Å²) in [7, 11) is 0. The van der Waals surface area contributed by atoms with Crippen molar-refractivity contribution in [2.24, 2.45) is 0 Å². The van der Waals surface area contributed by atoms with E-state index in [1.165, 1.54) is 0 Å². The van der Waals surface area contributed by atoms with Gasteiger partial charge in [-0.1, -0.05) is 5.16 Å². The molecule has 2 rings (SSSR count). The molecule has 2 N–H and O–H groups in total. The molecule has 0 aliphatic rings. The van der Waals surface area contributed by atoms with Gasteiger partial charge in [-0.05, 0) is 15.9 Å². The van der Waals surface area contributed by atoms with Gasteiger partial charge in [-0.15, -0.1) is 0 Å². The molecule has 1 aromatic carbocycles. The van der Waals surface area contributed by atoms with Crippen LogP contribution in [0.25, 0.3) is 11.0 Å². The number of rotatable bonds is 0. The number of hydrogen-bond donors (Lipinski definition) is 1. The fourth-order valence-electron chi connectivity index (χ4n) is 1.03. The van der Waals surface area contributed by atoms with Crippen LogP contribution in [-0.2, 0) is 0 Å². The summed E-state index contributed by atoms with van der Waals surface area (Å²) in [5, 5.41) is 3.63. The average Bonchev–Trinajstić information content (AvgIpc) is 2.43. The Morgan fingerprint density at radius 1 is 1.46 bits per heavy atom. The zero-order valence-corrected chi connectivity index (χ0v) is 7.73. The first-order chi connectivity index (χ1) is 6.11. The fourth-order valence-corrected chi connectivity index (χ4v) is 1.62. The zero-order valence-electron chi connectivity index (χ0n) is 6.14. The molecule has 0 unspecified atom stereocenters. The number of fused-ring (bicyclic) bond motifs is 1. The second-order valence-corrected chi connectivity index (χ2v) is 3.22. The first-order valence-electron chi connectivity index (χ1n) is 3.29. The second-order valence-electron chi connectivity index (χ2n) is 2.43. The number of halogens is 3. The van der Waals surface area contributed by atoms with Gasteiger partial charge in [0.25, 0.3) is 0 Å². The molecule has 2 aromatic rings. The van der Waals surface area contributed by atoms with Crippen molar-refractivity contribution in [3.8, 4) is 0 Å². The Morgan fingerprint density at radius 3 is 2.85 bits per heavy atom. The van der Waals surface area contributed by atoms with Crippen LogP contribution < -0.4 is 5.73 Å². The summed E-state index contributed by atoms with van der Waals surface area (Å²) >= 11 is 2.87. The van der Waals surface area contributed by atoms with Crippen LogP contribution in [0.2, 0.25) is 0 Å². The fraction of sp³-hybridized carbons (Fsp3) is 0. The van der Waals surface area contributed by atoms with Gasteiger partial charge in [0, 0.05) is 6.07 Å². The zero-order chi connectivity index (χ0) is 9.59. The van der Waals surface area contributed by atoms with Crippen LogP contribution in [0.1, 0.15) is 0 Å². The normalized spacial score (nSPS) is 11.0. The first-order valence-corrected chi connectivity index (χ1v) is 4.09. The molecule has 1 heterocycles. The van der Waals surface area contributed by atoms with E-state index in [9.17, 15) is 8.78 Å². The van der Waals surface area contributed by atoms with Gasteiger partial charge in [0.1, 0.15) is 0 Å². The number of nitrogens with two attached hydrogens (primary N) is 1. The minimum Gasteiger partial charge on any atom is -0.380 e. The van der Waals surface area contributed by atoms with E-state index in [0.29, 0.717) is 0 Å². The van der Waals surface area contributed by atoms with Crippen LogP contribution in [0.5, 0.6) is 0 Å². The molecule has 0 amide bonds. The van der Waals surface area contributed by atoms with Gasteiger partial charge in [0.2, 0.25) is 0 Å². The highest BCUT2D eigenvalue weighted by Gasteiger charge is 2.16. The summed E-state index contributed by atoms with van der Waals surface area (Å²) in [4.78, 5) is 0. The van der Waals surface area contributed by atoms with Crippen molar-refractivity contribution in [1.29, 1.82) is 0 Å². The SMILES string of the molecule is Nc1noc2cc(F)c(F)c(Br)c12.